The van der Waals surface area contributed by atoms with Crippen LogP contribution in [0.1, 0.15) is 22.2 Å². The van der Waals surface area contributed by atoms with Gasteiger partial charge in [-0.3, -0.25) is 4.79 Å². The number of rotatable bonds is 6. The normalized spacial score (nSPS) is 11.9. The molecule has 0 bridgehead atoms. The van der Waals surface area contributed by atoms with Crippen molar-refractivity contribution in [1.82, 2.24) is 4.83 Å². The van der Waals surface area contributed by atoms with Gasteiger partial charge < -0.3 is 5.32 Å². The Hall–Kier alpha value is -2.68. The summed E-state index contributed by atoms with van der Waals surface area (Å²) in [6.45, 7) is 1.67. The lowest BCUT2D eigenvalue weighted by Crippen LogP contribution is -2.20. The molecule has 1 aromatic heterocycles. The largest absolute Gasteiger partial charge is 0.321 e. The summed E-state index contributed by atoms with van der Waals surface area (Å²) in [7, 11) is -3.80. The van der Waals surface area contributed by atoms with Crippen molar-refractivity contribution in [3.05, 3.63) is 81.5 Å². The number of nitrogens with one attached hydrogen (secondary N) is 2. The number of halogens is 1. The molecule has 9 heteroatoms. The number of hydrogen-bond acceptors (Lipinski definition) is 5. The quantitative estimate of drug-likeness (QED) is 0.447. The smallest absolute Gasteiger partial charge is 0.276 e. The van der Waals surface area contributed by atoms with Crippen molar-refractivity contribution in [2.24, 2.45) is 5.10 Å². The van der Waals surface area contributed by atoms with Crippen LogP contribution in [-0.2, 0) is 10.0 Å². The summed E-state index contributed by atoms with van der Waals surface area (Å²) in [6, 6.07) is 16.3. The van der Waals surface area contributed by atoms with Crippen LogP contribution < -0.4 is 10.1 Å². The van der Waals surface area contributed by atoms with Gasteiger partial charge in [0.2, 0.25) is 0 Å². The molecule has 6 nitrogen and oxygen atoms in total. The lowest BCUT2D eigenvalue weighted by Gasteiger charge is -2.08. The van der Waals surface area contributed by atoms with Gasteiger partial charge in [-0.2, -0.15) is 18.4 Å². The van der Waals surface area contributed by atoms with Crippen LogP contribution in [0.5, 0.6) is 0 Å². The molecule has 2 N–H and O–H groups in total. The molecule has 2 aromatic carbocycles. The van der Waals surface area contributed by atoms with E-state index in [1.807, 2.05) is 5.38 Å². The van der Waals surface area contributed by atoms with Crippen LogP contribution in [0.15, 0.2) is 76.0 Å². The molecule has 0 saturated heterocycles. The number of carbonyl (C=O) groups is 1. The Morgan fingerprint density at radius 1 is 1.07 bits per heavy atom. The molecule has 1 heterocycles. The van der Waals surface area contributed by atoms with Gasteiger partial charge in [0.25, 0.3) is 15.9 Å². The molecule has 0 atom stereocenters. The highest BCUT2D eigenvalue weighted by atomic mass is 35.5. The van der Waals surface area contributed by atoms with E-state index in [0.29, 0.717) is 26.9 Å². The van der Waals surface area contributed by atoms with Gasteiger partial charge in [0.15, 0.2) is 0 Å². The minimum absolute atomic E-state index is 0.0606. The zero-order valence-corrected chi connectivity index (χ0v) is 17.1. The molecule has 3 aromatic rings. The van der Waals surface area contributed by atoms with Crippen LogP contribution >= 0.6 is 22.9 Å². The third-order valence-electron chi connectivity index (χ3n) is 3.74. The third kappa shape index (κ3) is 4.98. The van der Waals surface area contributed by atoms with E-state index in [0.717, 1.165) is 0 Å². The highest BCUT2D eigenvalue weighted by molar-refractivity contribution is 7.89. The number of hydrogen-bond donors (Lipinski definition) is 2. The van der Waals surface area contributed by atoms with Gasteiger partial charge >= 0.3 is 0 Å². The number of thiophene rings is 1. The number of sulfonamides is 1. The van der Waals surface area contributed by atoms with Crippen molar-refractivity contribution in [3.8, 4) is 0 Å². The summed E-state index contributed by atoms with van der Waals surface area (Å²) < 4.78 is 24.6. The summed E-state index contributed by atoms with van der Waals surface area (Å²) in [6.07, 6.45) is 0. The predicted molar refractivity (Wildman–Crippen MR) is 113 cm³/mol. The number of anilines is 1. The Kier molecular flexibility index (Phi) is 6.13. The summed E-state index contributed by atoms with van der Waals surface area (Å²) in [4.78, 5) is 15.0. The van der Waals surface area contributed by atoms with Crippen LogP contribution in [0.4, 0.5) is 5.69 Å². The molecule has 0 unspecified atom stereocenters. The zero-order valence-electron chi connectivity index (χ0n) is 14.7. The molecule has 144 valence electrons. The third-order valence-corrected chi connectivity index (χ3v) is 6.09. The average Bonchev–Trinajstić information content (AvgIpc) is 3.22. The molecular formula is C19H16ClN3O3S2. The maximum Gasteiger partial charge on any atom is 0.276 e. The van der Waals surface area contributed by atoms with Crippen molar-refractivity contribution < 1.29 is 13.2 Å². The molecule has 1 amide bonds. The fourth-order valence-electron chi connectivity index (χ4n) is 2.28. The first-order valence-corrected chi connectivity index (χ1v) is 10.9. The van der Waals surface area contributed by atoms with Crippen LogP contribution in [0.3, 0.4) is 0 Å². The number of benzene rings is 2. The van der Waals surface area contributed by atoms with Crippen molar-refractivity contribution in [3.63, 3.8) is 0 Å². The minimum Gasteiger partial charge on any atom is -0.321 e. The first-order chi connectivity index (χ1) is 13.3. The van der Waals surface area contributed by atoms with Crippen LogP contribution in [0.25, 0.3) is 0 Å². The van der Waals surface area contributed by atoms with Gasteiger partial charge in [0.05, 0.1) is 15.5 Å². The van der Waals surface area contributed by atoms with Crippen molar-refractivity contribution in [1.29, 1.82) is 0 Å². The van der Waals surface area contributed by atoms with Gasteiger partial charge in [-0.15, -0.1) is 11.3 Å². The Morgan fingerprint density at radius 3 is 2.50 bits per heavy atom. The van der Waals surface area contributed by atoms with E-state index in [1.165, 1.54) is 35.6 Å². The number of amides is 1. The van der Waals surface area contributed by atoms with Gasteiger partial charge in [-0.25, -0.2) is 0 Å². The average molecular weight is 434 g/mol. The second-order valence-electron chi connectivity index (χ2n) is 5.76. The van der Waals surface area contributed by atoms with Gasteiger partial charge in [0.1, 0.15) is 0 Å². The Morgan fingerprint density at radius 2 is 1.82 bits per heavy atom. The van der Waals surface area contributed by atoms with E-state index in [9.17, 15) is 13.2 Å². The molecule has 0 aliphatic rings. The zero-order chi connectivity index (χ0) is 20.1. The standard InChI is InChI=1S/C19H16ClN3O3S2/c1-13(22-23-28(25,26)17-9-7-15(20)8-10-17)14-4-2-5-16(12-14)21-19(24)18-6-3-11-27-18/h2-12,23H,1H3,(H,21,24)/b22-13+. The van der Waals surface area contributed by atoms with E-state index < -0.39 is 10.0 Å². The first-order valence-electron chi connectivity index (χ1n) is 8.12. The Bertz CT molecular complexity index is 1110. The van der Waals surface area contributed by atoms with E-state index >= 15 is 0 Å². The molecule has 0 aliphatic carbocycles. The topological polar surface area (TPSA) is 87.6 Å². The molecule has 0 spiro atoms. The molecule has 28 heavy (non-hydrogen) atoms. The number of nitrogens with zero attached hydrogens (tertiary/aromatic N) is 1. The fourth-order valence-corrected chi connectivity index (χ4v) is 3.88. The molecule has 3 rings (SSSR count). The van der Waals surface area contributed by atoms with E-state index in [2.05, 4.69) is 15.2 Å². The summed E-state index contributed by atoms with van der Waals surface area (Å²) in [5.41, 5.74) is 1.71. The van der Waals surface area contributed by atoms with Crippen LogP contribution in [0.2, 0.25) is 5.02 Å². The minimum atomic E-state index is -3.80. The predicted octanol–water partition coefficient (Wildman–Crippen LogP) is 4.36. The second-order valence-corrected chi connectivity index (χ2v) is 8.80. The SMILES string of the molecule is C/C(=N\NS(=O)(=O)c1ccc(Cl)cc1)c1cccc(NC(=O)c2cccs2)c1. The van der Waals surface area contributed by atoms with Gasteiger partial charge in [-0.1, -0.05) is 29.8 Å². The van der Waals surface area contributed by atoms with Gasteiger partial charge in [0, 0.05) is 10.7 Å². The lowest BCUT2D eigenvalue weighted by atomic mass is 10.1. The molecule has 0 saturated carbocycles. The van der Waals surface area contributed by atoms with Crippen molar-refractivity contribution >= 4 is 50.3 Å². The lowest BCUT2D eigenvalue weighted by molar-refractivity contribution is 0.103. The number of carbonyl (C=O) groups excluding carboxylic acids is 1. The monoisotopic (exact) mass is 433 g/mol. The van der Waals surface area contributed by atoms with Crippen molar-refractivity contribution in [2.75, 3.05) is 5.32 Å². The summed E-state index contributed by atoms with van der Waals surface area (Å²) >= 11 is 7.13. The van der Waals surface area contributed by atoms with Crippen LogP contribution in [-0.4, -0.2) is 20.0 Å². The first kappa shape index (κ1) is 20.1. The van der Waals surface area contributed by atoms with E-state index in [-0.39, 0.29) is 10.8 Å². The van der Waals surface area contributed by atoms with Gasteiger partial charge in [-0.05, 0) is 60.3 Å². The summed E-state index contributed by atoms with van der Waals surface area (Å²) in [5.74, 6) is -0.204. The maximum absolute atomic E-state index is 12.3. The Labute approximate surface area is 171 Å². The molecule has 0 fully saturated rings. The second kappa shape index (κ2) is 8.55. The summed E-state index contributed by atoms with van der Waals surface area (Å²) in [5, 5.41) is 9.05. The molecular weight excluding hydrogens is 418 g/mol. The van der Waals surface area contributed by atoms with Crippen molar-refractivity contribution in [2.45, 2.75) is 11.8 Å². The van der Waals surface area contributed by atoms with Crippen LogP contribution in [0, 0.1) is 0 Å². The highest BCUT2D eigenvalue weighted by Crippen LogP contribution is 2.16. The van der Waals surface area contributed by atoms with E-state index in [1.54, 1.807) is 43.3 Å². The molecule has 0 aliphatic heterocycles. The molecule has 0 radical (unpaired) electrons. The fraction of sp³-hybridized carbons (Fsp3) is 0.0526. The maximum atomic E-state index is 12.3. The highest BCUT2D eigenvalue weighted by Gasteiger charge is 2.13. The Balaban J connectivity index is 1.74. The van der Waals surface area contributed by atoms with E-state index in [4.69, 9.17) is 11.6 Å². The number of hydrazone groups is 1.